The third kappa shape index (κ3) is 3.75. The summed E-state index contributed by atoms with van der Waals surface area (Å²) in [5.41, 5.74) is 3.15. The molecule has 0 atom stereocenters. The minimum atomic E-state index is -0.161. The molecule has 0 spiro atoms. The summed E-state index contributed by atoms with van der Waals surface area (Å²) in [6, 6.07) is 14.7. The van der Waals surface area contributed by atoms with E-state index >= 15 is 0 Å². The zero-order valence-corrected chi connectivity index (χ0v) is 14.2. The van der Waals surface area contributed by atoms with E-state index in [-0.39, 0.29) is 12.5 Å². The molecule has 0 unspecified atom stereocenters. The maximum absolute atomic E-state index is 12.3. The Kier molecular flexibility index (Phi) is 4.90. The lowest BCUT2D eigenvalue weighted by atomic mass is 10.1. The SMILES string of the molecule is Cc1nc(C)n(-c2ccc(C(=O)NCc3ccccc3CO)cc2)n1. The van der Waals surface area contributed by atoms with E-state index in [1.807, 2.05) is 50.2 Å². The molecule has 25 heavy (non-hydrogen) atoms. The average Bonchev–Trinajstić information content (AvgIpc) is 2.98. The second kappa shape index (κ2) is 7.27. The van der Waals surface area contributed by atoms with Crippen LogP contribution >= 0.6 is 0 Å². The Balaban J connectivity index is 1.70. The maximum Gasteiger partial charge on any atom is 0.251 e. The summed E-state index contributed by atoms with van der Waals surface area (Å²) in [7, 11) is 0. The molecule has 6 heteroatoms. The van der Waals surface area contributed by atoms with E-state index in [4.69, 9.17) is 0 Å². The molecule has 0 radical (unpaired) electrons. The van der Waals surface area contributed by atoms with Crippen LogP contribution in [0.1, 0.15) is 33.1 Å². The van der Waals surface area contributed by atoms with Crippen molar-refractivity contribution in [3.05, 3.63) is 76.9 Å². The van der Waals surface area contributed by atoms with Crippen molar-refractivity contribution in [2.75, 3.05) is 0 Å². The summed E-state index contributed by atoms with van der Waals surface area (Å²) in [6.45, 7) is 4.06. The summed E-state index contributed by atoms with van der Waals surface area (Å²) < 4.78 is 1.74. The van der Waals surface area contributed by atoms with Gasteiger partial charge in [0, 0.05) is 12.1 Å². The Morgan fingerprint density at radius 2 is 1.76 bits per heavy atom. The van der Waals surface area contributed by atoms with Gasteiger partial charge in [0.05, 0.1) is 12.3 Å². The molecule has 0 saturated heterocycles. The predicted octanol–water partition coefficient (Wildman–Crippen LogP) is 2.31. The number of aryl methyl sites for hydroxylation is 2. The van der Waals surface area contributed by atoms with Crippen molar-refractivity contribution >= 4 is 5.91 Å². The van der Waals surface area contributed by atoms with Crippen LogP contribution < -0.4 is 5.32 Å². The van der Waals surface area contributed by atoms with Crippen molar-refractivity contribution < 1.29 is 9.90 Å². The van der Waals surface area contributed by atoms with Gasteiger partial charge in [0.1, 0.15) is 11.6 Å². The number of hydrogen-bond acceptors (Lipinski definition) is 4. The highest BCUT2D eigenvalue weighted by Crippen LogP contribution is 2.12. The number of amides is 1. The number of aliphatic hydroxyl groups is 1. The number of carbonyl (C=O) groups excluding carboxylic acids is 1. The van der Waals surface area contributed by atoms with E-state index in [0.29, 0.717) is 17.9 Å². The van der Waals surface area contributed by atoms with E-state index in [1.165, 1.54) is 0 Å². The molecule has 0 aliphatic heterocycles. The smallest absolute Gasteiger partial charge is 0.251 e. The van der Waals surface area contributed by atoms with E-state index in [0.717, 1.165) is 22.6 Å². The quantitative estimate of drug-likeness (QED) is 0.749. The van der Waals surface area contributed by atoms with E-state index < -0.39 is 0 Å². The van der Waals surface area contributed by atoms with Gasteiger partial charge in [-0.05, 0) is 49.2 Å². The van der Waals surface area contributed by atoms with Crippen LogP contribution in [-0.2, 0) is 13.2 Å². The maximum atomic E-state index is 12.3. The molecule has 0 bridgehead atoms. The predicted molar refractivity (Wildman–Crippen MR) is 94.4 cm³/mol. The largest absolute Gasteiger partial charge is 0.392 e. The Morgan fingerprint density at radius 3 is 2.36 bits per heavy atom. The highest BCUT2D eigenvalue weighted by molar-refractivity contribution is 5.94. The first-order chi connectivity index (χ1) is 12.1. The molecule has 1 aromatic heterocycles. The van der Waals surface area contributed by atoms with Crippen molar-refractivity contribution in [3.8, 4) is 5.69 Å². The highest BCUT2D eigenvalue weighted by Gasteiger charge is 2.09. The second-order valence-electron chi connectivity index (χ2n) is 5.77. The minimum absolute atomic E-state index is 0.0442. The number of benzene rings is 2. The molecule has 0 fully saturated rings. The Hall–Kier alpha value is -2.99. The molecule has 6 nitrogen and oxygen atoms in total. The van der Waals surface area contributed by atoms with Gasteiger partial charge in [-0.15, -0.1) is 0 Å². The van der Waals surface area contributed by atoms with Gasteiger partial charge in [-0.2, -0.15) is 5.10 Å². The molecule has 1 heterocycles. The molecule has 3 rings (SSSR count). The Bertz CT molecular complexity index is 885. The standard InChI is InChI=1S/C19H20N4O2/c1-13-21-14(2)23(22-13)18-9-7-15(8-10-18)19(25)20-11-16-5-3-4-6-17(16)12-24/h3-10,24H,11-12H2,1-2H3,(H,20,25). The third-order valence-corrected chi connectivity index (χ3v) is 3.98. The molecule has 3 aromatic rings. The van der Waals surface area contributed by atoms with Gasteiger partial charge in [-0.3, -0.25) is 4.79 Å². The average molecular weight is 336 g/mol. The van der Waals surface area contributed by atoms with Crippen LogP contribution in [0, 0.1) is 13.8 Å². The minimum Gasteiger partial charge on any atom is -0.392 e. The number of nitrogens with zero attached hydrogens (tertiary/aromatic N) is 3. The first-order valence-corrected chi connectivity index (χ1v) is 8.05. The molecule has 2 aromatic carbocycles. The van der Waals surface area contributed by atoms with E-state index in [9.17, 15) is 9.90 Å². The van der Waals surface area contributed by atoms with Crippen molar-refractivity contribution in [1.82, 2.24) is 20.1 Å². The van der Waals surface area contributed by atoms with Crippen LogP contribution in [-0.4, -0.2) is 25.8 Å². The summed E-state index contributed by atoms with van der Waals surface area (Å²) in [4.78, 5) is 16.6. The van der Waals surface area contributed by atoms with Gasteiger partial charge >= 0.3 is 0 Å². The van der Waals surface area contributed by atoms with Gasteiger partial charge in [-0.1, -0.05) is 24.3 Å². The first kappa shape index (κ1) is 16.9. The van der Waals surface area contributed by atoms with Crippen molar-refractivity contribution in [2.45, 2.75) is 27.0 Å². The van der Waals surface area contributed by atoms with Gasteiger partial charge in [0.2, 0.25) is 0 Å². The summed E-state index contributed by atoms with van der Waals surface area (Å²) in [5, 5.41) is 16.5. The lowest BCUT2D eigenvalue weighted by Gasteiger charge is -2.09. The molecule has 128 valence electrons. The Morgan fingerprint density at radius 1 is 1.08 bits per heavy atom. The molecular weight excluding hydrogens is 316 g/mol. The number of hydrogen-bond donors (Lipinski definition) is 2. The van der Waals surface area contributed by atoms with E-state index in [2.05, 4.69) is 15.4 Å². The van der Waals surface area contributed by atoms with Crippen LogP contribution in [0.2, 0.25) is 0 Å². The Labute approximate surface area is 146 Å². The first-order valence-electron chi connectivity index (χ1n) is 8.05. The fourth-order valence-electron chi connectivity index (χ4n) is 2.68. The number of aliphatic hydroxyl groups excluding tert-OH is 1. The lowest BCUT2D eigenvalue weighted by molar-refractivity contribution is 0.0950. The lowest BCUT2D eigenvalue weighted by Crippen LogP contribution is -2.23. The molecule has 1 amide bonds. The summed E-state index contributed by atoms with van der Waals surface area (Å²) in [6.07, 6.45) is 0. The molecule has 0 aliphatic carbocycles. The molecule has 0 saturated carbocycles. The van der Waals surface area contributed by atoms with Gasteiger partial charge in [0.25, 0.3) is 5.91 Å². The van der Waals surface area contributed by atoms with Gasteiger partial charge < -0.3 is 10.4 Å². The normalized spacial score (nSPS) is 10.7. The van der Waals surface area contributed by atoms with Crippen LogP contribution in [0.4, 0.5) is 0 Å². The number of aromatic nitrogens is 3. The molecule has 0 aliphatic rings. The third-order valence-electron chi connectivity index (χ3n) is 3.98. The van der Waals surface area contributed by atoms with E-state index in [1.54, 1.807) is 16.8 Å². The van der Waals surface area contributed by atoms with Crippen LogP contribution in [0.5, 0.6) is 0 Å². The van der Waals surface area contributed by atoms with Gasteiger partial charge in [-0.25, -0.2) is 9.67 Å². The summed E-state index contributed by atoms with van der Waals surface area (Å²) >= 11 is 0. The van der Waals surface area contributed by atoms with Crippen LogP contribution in [0.3, 0.4) is 0 Å². The monoisotopic (exact) mass is 336 g/mol. The zero-order chi connectivity index (χ0) is 17.8. The van der Waals surface area contributed by atoms with Crippen LogP contribution in [0.25, 0.3) is 5.69 Å². The number of nitrogens with one attached hydrogen (secondary N) is 1. The highest BCUT2D eigenvalue weighted by atomic mass is 16.3. The van der Waals surface area contributed by atoms with Crippen molar-refractivity contribution in [3.63, 3.8) is 0 Å². The topological polar surface area (TPSA) is 80.0 Å². The second-order valence-corrected chi connectivity index (χ2v) is 5.77. The van der Waals surface area contributed by atoms with Gasteiger partial charge in [0.15, 0.2) is 0 Å². The zero-order valence-electron chi connectivity index (χ0n) is 14.2. The van der Waals surface area contributed by atoms with Crippen molar-refractivity contribution in [1.29, 1.82) is 0 Å². The number of rotatable bonds is 5. The summed E-state index contributed by atoms with van der Waals surface area (Å²) in [5.74, 6) is 1.35. The van der Waals surface area contributed by atoms with Crippen LogP contribution in [0.15, 0.2) is 48.5 Å². The number of carbonyl (C=O) groups is 1. The fraction of sp³-hybridized carbons (Fsp3) is 0.211. The fourth-order valence-corrected chi connectivity index (χ4v) is 2.68. The molecule has 2 N–H and O–H groups in total. The van der Waals surface area contributed by atoms with Crippen molar-refractivity contribution in [2.24, 2.45) is 0 Å². The molecular formula is C19H20N4O2.